The molecule has 0 aromatic heterocycles. The highest BCUT2D eigenvalue weighted by atomic mass is 16.5. The molecular weight excluding hydrogens is 296 g/mol. The molecule has 0 spiro atoms. The van der Waals surface area contributed by atoms with Crippen LogP contribution in [0.2, 0.25) is 0 Å². The van der Waals surface area contributed by atoms with Crippen LogP contribution in [-0.4, -0.2) is 41.9 Å². The van der Waals surface area contributed by atoms with Gasteiger partial charge in [-0.25, -0.2) is 4.79 Å². The van der Waals surface area contributed by atoms with E-state index >= 15 is 0 Å². The molecule has 2 aliphatic heterocycles. The Morgan fingerprint density at radius 1 is 1.22 bits per heavy atom. The Morgan fingerprint density at radius 2 is 1.91 bits per heavy atom. The van der Waals surface area contributed by atoms with Gasteiger partial charge in [0.2, 0.25) is 5.91 Å². The fraction of sp³-hybridized carbons (Fsp3) is 0.471. The van der Waals surface area contributed by atoms with Gasteiger partial charge >= 0.3 is 5.97 Å². The summed E-state index contributed by atoms with van der Waals surface area (Å²) >= 11 is 0. The van der Waals surface area contributed by atoms with Gasteiger partial charge in [-0.05, 0) is 30.4 Å². The molecule has 2 aliphatic rings. The highest BCUT2D eigenvalue weighted by Gasteiger charge is 2.35. The van der Waals surface area contributed by atoms with Gasteiger partial charge in [0.05, 0.1) is 5.56 Å². The van der Waals surface area contributed by atoms with E-state index < -0.39 is 12.1 Å². The summed E-state index contributed by atoms with van der Waals surface area (Å²) in [5, 5.41) is 0. The van der Waals surface area contributed by atoms with Crippen molar-refractivity contribution < 1.29 is 19.1 Å². The molecule has 2 heterocycles. The number of cyclic esters (lactones) is 1. The van der Waals surface area contributed by atoms with Gasteiger partial charge in [0.1, 0.15) is 0 Å². The smallest absolute Gasteiger partial charge is 0.339 e. The number of benzene rings is 1. The topological polar surface area (TPSA) is 89.7 Å². The van der Waals surface area contributed by atoms with Crippen LogP contribution in [0.1, 0.15) is 35.2 Å². The number of nitrogens with zero attached hydrogens (tertiary/aromatic N) is 1. The fourth-order valence-electron chi connectivity index (χ4n) is 3.31. The van der Waals surface area contributed by atoms with E-state index in [1.54, 1.807) is 17.0 Å². The normalized spacial score (nSPS) is 21.5. The Balaban J connectivity index is 1.62. The Hall–Kier alpha value is -2.37. The molecule has 0 saturated carbocycles. The van der Waals surface area contributed by atoms with Crippen LogP contribution in [0.15, 0.2) is 24.3 Å². The lowest BCUT2D eigenvalue weighted by Crippen LogP contribution is -2.47. The second-order valence-electron chi connectivity index (χ2n) is 6.19. The number of esters is 1. The van der Waals surface area contributed by atoms with Crippen molar-refractivity contribution in [2.75, 3.05) is 13.1 Å². The number of primary amides is 1. The summed E-state index contributed by atoms with van der Waals surface area (Å²) in [7, 11) is 0. The number of carbonyl (C=O) groups excluding carboxylic acids is 3. The van der Waals surface area contributed by atoms with Gasteiger partial charge in [0.15, 0.2) is 6.10 Å². The lowest BCUT2D eigenvalue weighted by molar-refractivity contribution is -0.142. The van der Waals surface area contributed by atoms with Gasteiger partial charge in [0, 0.05) is 25.9 Å². The summed E-state index contributed by atoms with van der Waals surface area (Å²) in [6, 6.07) is 7.21. The molecule has 0 unspecified atom stereocenters. The molecule has 23 heavy (non-hydrogen) atoms. The SMILES string of the molecule is NC(=O)CC1CCN(C(=O)[C@H]2Cc3ccccc3C(=O)O2)CC1. The number of rotatable bonds is 3. The third-order valence-corrected chi connectivity index (χ3v) is 4.58. The molecule has 6 nitrogen and oxygen atoms in total. The first-order chi connectivity index (χ1) is 11.0. The summed E-state index contributed by atoms with van der Waals surface area (Å²) in [6.45, 7) is 1.15. The molecule has 2 amide bonds. The monoisotopic (exact) mass is 316 g/mol. The largest absolute Gasteiger partial charge is 0.448 e. The minimum absolute atomic E-state index is 0.148. The average molecular weight is 316 g/mol. The number of hydrogen-bond acceptors (Lipinski definition) is 4. The molecule has 1 aromatic rings. The Morgan fingerprint density at radius 3 is 2.61 bits per heavy atom. The Labute approximate surface area is 134 Å². The van der Waals surface area contributed by atoms with Crippen LogP contribution < -0.4 is 5.73 Å². The number of nitrogens with two attached hydrogens (primary N) is 1. The fourth-order valence-corrected chi connectivity index (χ4v) is 3.31. The molecular formula is C17H20N2O4. The molecule has 1 saturated heterocycles. The van der Waals surface area contributed by atoms with Gasteiger partial charge in [-0.15, -0.1) is 0 Å². The molecule has 0 bridgehead atoms. The molecule has 1 aromatic carbocycles. The minimum atomic E-state index is -0.745. The van der Waals surface area contributed by atoms with Crippen molar-refractivity contribution >= 4 is 17.8 Å². The van der Waals surface area contributed by atoms with Crippen molar-refractivity contribution in [3.8, 4) is 0 Å². The van der Waals surface area contributed by atoms with Crippen molar-refractivity contribution in [1.29, 1.82) is 0 Å². The van der Waals surface area contributed by atoms with Crippen molar-refractivity contribution in [3.63, 3.8) is 0 Å². The van der Waals surface area contributed by atoms with E-state index in [0.29, 0.717) is 31.5 Å². The maximum atomic E-state index is 12.6. The van der Waals surface area contributed by atoms with Crippen LogP contribution in [-0.2, 0) is 20.7 Å². The zero-order valence-electron chi connectivity index (χ0n) is 12.9. The van der Waals surface area contributed by atoms with Crippen LogP contribution in [0.25, 0.3) is 0 Å². The number of amides is 2. The molecule has 1 atom stereocenters. The van der Waals surface area contributed by atoms with E-state index in [4.69, 9.17) is 10.5 Å². The molecule has 2 N–H and O–H groups in total. The molecule has 3 rings (SSSR count). The lowest BCUT2D eigenvalue weighted by atomic mass is 9.92. The van der Waals surface area contributed by atoms with E-state index in [2.05, 4.69) is 0 Å². The summed E-state index contributed by atoms with van der Waals surface area (Å²) in [6.07, 6.45) is 1.55. The minimum Gasteiger partial charge on any atom is -0.448 e. The zero-order chi connectivity index (χ0) is 16.4. The number of hydrogen-bond donors (Lipinski definition) is 1. The maximum absolute atomic E-state index is 12.6. The van der Waals surface area contributed by atoms with Crippen molar-refractivity contribution in [2.45, 2.75) is 31.8 Å². The quantitative estimate of drug-likeness (QED) is 0.838. The predicted molar refractivity (Wildman–Crippen MR) is 82.5 cm³/mol. The van der Waals surface area contributed by atoms with Crippen molar-refractivity contribution in [3.05, 3.63) is 35.4 Å². The molecule has 0 radical (unpaired) electrons. The molecule has 6 heteroatoms. The number of carbonyl (C=O) groups is 3. The number of fused-ring (bicyclic) bond motifs is 1. The van der Waals surface area contributed by atoms with Crippen LogP contribution in [0.3, 0.4) is 0 Å². The number of piperidine rings is 1. The van der Waals surface area contributed by atoms with Crippen LogP contribution in [0.5, 0.6) is 0 Å². The summed E-state index contributed by atoms with van der Waals surface area (Å²) < 4.78 is 5.31. The van der Waals surface area contributed by atoms with E-state index in [0.717, 1.165) is 18.4 Å². The average Bonchev–Trinajstić information content (AvgIpc) is 2.54. The second-order valence-corrected chi connectivity index (χ2v) is 6.19. The number of ether oxygens (including phenoxy) is 1. The van der Waals surface area contributed by atoms with Crippen LogP contribution in [0.4, 0.5) is 0 Å². The second kappa shape index (κ2) is 6.40. The third kappa shape index (κ3) is 3.36. The molecule has 122 valence electrons. The Kier molecular flexibility index (Phi) is 4.32. The summed E-state index contributed by atoms with van der Waals surface area (Å²) in [5.41, 5.74) is 6.61. The van der Waals surface area contributed by atoms with Gasteiger partial charge in [-0.3, -0.25) is 9.59 Å². The lowest BCUT2D eigenvalue weighted by Gasteiger charge is -2.34. The highest BCUT2D eigenvalue weighted by Crippen LogP contribution is 2.25. The van der Waals surface area contributed by atoms with E-state index in [1.807, 2.05) is 12.1 Å². The first-order valence-electron chi connectivity index (χ1n) is 7.90. The van der Waals surface area contributed by atoms with E-state index in [-0.39, 0.29) is 17.7 Å². The zero-order valence-corrected chi connectivity index (χ0v) is 12.9. The van der Waals surface area contributed by atoms with Crippen LogP contribution in [0, 0.1) is 5.92 Å². The molecule has 1 fully saturated rings. The standard InChI is InChI=1S/C17H20N2O4/c18-15(20)9-11-5-7-19(8-6-11)16(21)14-10-12-3-1-2-4-13(12)17(22)23-14/h1-4,11,14H,5-10H2,(H2,18,20)/t14-/m1/s1. The highest BCUT2D eigenvalue weighted by molar-refractivity contribution is 5.95. The maximum Gasteiger partial charge on any atom is 0.339 e. The first kappa shape index (κ1) is 15.5. The van der Waals surface area contributed by atoms with Gasteiger partial charge in [-0.2, -0.15) is 0 Å². The van der Waals surface area contributed by atoms with Gasteiger partial charge < -0.3 is 15.4 Å². The van der Waals surface area contributed by atoms with Crippen molar-refractivity contribution in [2.24, 2.45) is 11.7 Å². The van der Waals surface area contributed by atoms with Crippen molar-refractivity contribution in [1.82, 2.24) is 4.90 Å². The predicted octanol–water partition coefficient (Wildman–Crippen LogP) is 0.882. The van der Waals surface area contributed by atoms with Gasteiger partial charge in [-0.1, -0.05) is 18.2 Å². The van der Waals surface area contributed by atoms with Crippen LogP contribution >= 0.6 is 0 Å². The number of likely N-dealkylation sites (tertiary alicyclic amines) is 1. The van der Waals surface area contributed by atoms with E-state index in [9.17, 15) is 14.4 Å². The molecule has 0 aliphatic carbocycles. The third-order valence-electron chi connectivity index (χ3n) is 4.58. The van der Waals surface area contributed by atoms with Gasteiger partial charge in [0.25, 0.3) is 5.91 Å². The summed E-state index contributed by atoms with van der Waals surface area (Å²) in [5.74, 6) is -0.641. The first-order valence-corrected chi connectivity index (χ1v) is 7.90. The summed E-state index contributed by atoms with van der Waals surface area (Å²) in [4.78, 5) is 37.3. The van der Waals surface area contributed by atoms with E-state index in [1.165, 1.54) is 0 Å². The Bertz CT molecular complexity index is 635.